The predicted molar refractivity (Wildman–Crippen MR) is 81.9 cm³/mol. The summed E-state index contributed by atoms with van der Waals surface area (Å²) in [5.41, 5.74) is 0.359. The van der Waals surface area contributed by atoms with E-state index in [4.69, 9.17) is 10.7 Å². The van der Waals surface area contributed by atoms with Gasteiger partial charge in [0, 0.05) is 37.0 Å². The molecule has 1 aliphatic rings. The van der Waals surface area contributed by atoms with Crippen molar-refractivity contribution in [1.82, 2.24) is 9.47 Å². The Hall–Kier alpha value is -1.01. The molecule has 0 aliphatic carbocycles. The number of carbonyl (C=O) groups excluding carboxylic acids is 1. The fraction of sp³-hybridized carbons (Fsp3) is 0.643. The molecule has 0 bridgehead atoms. The Kier molecular flexibility index (Phi) is 4.68. The summed E-state index contributed by atoms with van der Waals surface area (Å²) in [7, 11) is 3.17. The third kappa shape index (κ3) is 3.61. The summed E-state index contributed by atoms with van der Waals surface area (Å²) < 4.78 is 24.2. The van der Waals surface area contributed by atoms with E-state index in [9.17, 15) is 13.2 Å². The summed E-state index contributed by atoms with van der Waals surface area (Å²) in [5, 5.41) is 0. The van der Waals surface area contributed by atoms with Crippen molar-refractivity contribution in [2.75, 3.05) is 13.1 Å². The third-order valence-electron chi connectivity index (χ3n) is 4.25. The zero-order chi connectivity index (χ0) is 15.8. The molecule has 0 unspecified atom stereocenters. The standard InChI is InChI=1S/C14H21ClN2O3S/c1-10(2)11-4-6-17(7-5-11)14(18)13-8-12(9-16(13)3)21(15,19)20/h8-11H,4-7H2,1-3H3. The first kappa shape index (κ1) is 16.4. The number of rotatable bonds is 3. The van der Waals surface area contributed by atoms with E-state index in [-0.39, 0.29) is 10.8 Å². The molecule has 0 spiro atoms. The average Bonchev–Trinajstić information content (AvgIpc) is 2.80. The average molecular weight is 333 g/mol. The highest BCUT2D eigenvalue weighted by Gasteiger charge is 2.27. The number of halogens is 1. The van der Waals surface area contributed by atoms with Crippen LogP contribution in [0.3, 0.4) is 0 Å². The Morgan fingerprint density at radius 3 is 2.33 bits per heavy atom. The molecular formula is C14H21ClN2O3S. The zero-order valence-corrected chi connectivity index (χ0v) is 14.1. The maximum Gasteiger partial charge on any atom is 0.270 e. The molecule has 0 atom stereocenters. The second-order valence-electron chi connectivity index (χ2n) is 5.98. The lowest BCUT2D eigenvalue weighted by Gasteiger charge is -2.33. The minimum atomic E-state index is -3.81. The lowest BCUT2D eigenvalue weighted by Crippen LogP contribution is -2.40. The normalized spacial score (nSPS) is 17.5. The highest BCUT2D eigenvalue weighted by atomic mass is 35.7. The van der Waals surface area contributed by atoms with Crippen molar-refractivity contribution in [3.05, 3.63) is 18.0 Å². The van der Waals surface area contributed by atoms with Gasteiger partial charge in [-0.1, -0.05) is 13.8 Å². The van der Waals surface area contributed by atoms with Gasteiger partial charge in [0.05, 0.1) is 0 Å². The molecule has 0 radical (unpaired) electrons. The molecule has 1 saturated heterocycles. The Morgan fingerprint density at radius 2 is 1.90 bits per heavy atom. The molecule has 1 aromatic rings. The number of nitrogens with zero attached hydrogens (tertiary/aromatic N) is 2. The number of likely N-dealkylation sites (tertiary alicyclic amines) is 1. The number of amides is 1. The summed E-state index contributed by atoms with van der Waals surface area (Å²) in [4.78, 5) is 14.3. The van der Waals surface area contributed by atoms with Crippen LogP contribution in [0.5, 0.6) is 0 Å². The van der Waals surface area contributed by atoms with E-state index in [0.29, 0.717) is 17.5 Å². The van der Waals surface area contributed by atoms with E-state index in [1.807, 2.05) is 0 Å². The number of hydrogen-bond acceptors (Lipinski definition) is 3. The first-order valence-electron chi connectivity index (χ1n) is 7.10. The molecule has 1 aromatic heterocycles. The fourth-order valence-corrected chi connectivity index (χ4v) is 3.60. The zero-order valence-electron chi connectivity index (χ0n) is 12.5. The second-order valence-corrected chi connectivity index (χ2v) is 8.55. The molecule has 1 amide bonds. The monoisotopic (exact) mass is 332 g/mol. The smallest absolute Gasteiger partial charge is 0.270 e. The van der Waals surface area contributed by atoms with E-state index in [0.717, 1.165) is 25.9 Å². The van der Waals surface area contributed by atoms with Crippen LogP contribution in [-0.4, -0.2) is 36.9 Å². The number of hydrogen-bond donors (Lipinski definition) is 0. The number of piperidine rings is 1. The van der Waals surface area contributed by atoms with Gasteiger partial charge in [-0.3, -0.25) is 4.79 Å². The van der Waals surface area contributed by atoms with Gasteiger partial charge in [-0.2, -0.15) is 0 Å². The summed E-state index contributed by atoms with van der Waals surface area (Å²) >= 11 is 0. The Morgan fingerprint density at radius 1 is 1.33 bits per heavy atom. The van der Waals surface area contributed by atoms with Gasteiger partial charge in [-0.25, -0.2) is 8.42 Å². The number of aryl methyl sites for hydroxylation is 1. The molecule has 1 fully saturated rings. The fourth-order valence-electron chi connectivity index (χ4n) is 2.81. The van der Waals surface area contributed by atoms with Crippen LogP contribution in [0.2, 0.25) is 0 Å². The molecule has 118 valence electrons. The van der Waals surface area contributed by atoms with Crippen LogP contribution >= 0.6 is 10.7 Å². The molecule has 21 heavy (non-hydrogen) atoms. The topological polar surface area (TPSA) is 59.4 Å². The van der Waals surface area contributed by atoms with Crippen molar-refractivity contribution < 1.29 is 13.2 Å². The van der Waals surface area contributed by atoms with E-state index >= 15 is 0 Å². The van der Waals surface area contributed by atoms with Crippen LogP contribution in [0.1, 0.15) is 37.2 Å². The van der Waals surface area contributed by atoms with Gasteiger partial charge in [0.2, 0.25) is 0 Å². The molecule has 0 N–H and O–H groups in total. The van der Waals surface area contributed by atoms with Crippen LogP contribution in [0, 0.1) is 11.8 Å². The SMILES string of the molecule is CC(C)C1CCN(C(=O)c2cc(S(=O)(=O)Cl)cn2C)CC1. The second kappa shape index (κ2) is 6.01. The van der Waals surface area contributed by atoms with E-state index in [1.54, 1.807) is 11.9 Å². The third-order valence-corrected chi connectivity index (χ3v) is 5.57. The molecule has 2 rings (SSSR count). The van der Waals surface area contributed by atoms with Crippen LogP contribution in [0.15, 0.2) is 17.2 Å². The van der Waals surface area contributed by atoms with Crippen molar-refractivity contribution in [1.29, 1.82) is 0 Å². The Balaban J connectivity index is 2.13. The first-order chi connectivity index (χ1) is 9.70. The van der Waals surface area contributed by atoms with Crippen LogP contribution in [0.4, 0.5) is 0 Å². The molecule has 0 aromatic carbocycles. The van der Waals surface area contributed by atoms with Gasteiger partial charge >= 0.3 is 0 Å². The highest BCUT2D eigenvalue weighted by Crippen LogP contribution is 2.26. The predicted octanol–water partition coefficient (Wildman–Crippen LogP) is 2.46. The lowest BCUT2D eigenvalue weighted by atomic mass is 9.86. The van der Waals surface area contributed by atoms with E-state index < -0.39 is 9.05 Å². The van der Waals surface area contributed by atoms with Gasteiger partial charge in [-0.15, -0.1) is 0 Å². The van der Waals surface area contributed by atoms with Crippen molar-refractivity contribution in [3.63, 3.8) is 0 Å². The largest absolute Gasteiger partial charge is 0.345 e. The Labute approximate surface area is 130 Å². The van der Waals surface area contributed by atoms with Gasteiger partial charge in [0.25, 0.3) is 15.0 Å². The summed E-state index contributed by atoms with van der Waals surface area (Å²) in [6.07, 6.45) is 3.36. The van der Waals surface area contributed by atoms with Crippen LogP contribution < -0.4 is 0 Å². The van der Waals surface area contributed by atoms with Crippen LogP contribution in [0.25, 0.3) is 0 Å². The maximum absolute atomic E-state index is 12.5. The highest BCUT2D eigenvalue weighted by molar-refractivity contribution is 8.13. The van der Waals surface area contributed by atoms with E-state index in [1.165, 1.54) is 16.8 Å². The summed E-state index contributed by atoms with van der Waals surface area (Å²) in [6.45, 7) is 5.85. The van der Waals surface area contributed by atoms with Crippen molar-refractivity contribution in [2.45, 2.75) is 31.6 Å². The molecule has 5 nitrogen and oxygen atoms in total. The Bertz CT molecular complexity index is 629. The van der Waals surface area contributed by atoms with Gasteiger partial charge in [0.1, 0.15) is 10.6 Å². The van der Waals surface area contributed by atoms with Crippen LogP contribution in [-0.2, 0) is 16.1 Å². The molecule has 0 saturated carbocycles. The summed E-state index contributed by atoms with van der Waals surface area (Å²) in [6, 6.07) is 1.35. The molecule has 2 heterocycles. The maximum atomic E-state index is 12.5. The van der Waals surface area contributed by atoms with Crippen molar-refractivity contribution >= 4 is 25.6 Å². The minimum Gasteiger partial charge on any atom is -0.345 e. The number of carbonyl (C=O) groups is 1. The van der Waals surface area contributed by atoms with Gasteiger partial charge in [0.15, 0.2) is 0 Å². The van der Waals surface area contributed by atoms with Crippen molar-refractivity contribution in [3.8, 4) is 0 Å². The quantitative estimate of drug-likeness (QED) is 0.799. The molecular weight excluding hydrogens is 312 g/mol. The summed E-state index contributed by atoms with van der Waals surface area (Å²) in [5.74, 6) is 1.15. The number of aromatic nitrogens is 1. The van der Waals surface area contributed by atoms with Gasteiger partial charge < -0.3 is 9.47 Å². The molecule has 1 aliphatic heterocycles. The van der Waals surface area contributed by atoms with E-state index in [2.05, 4.69) is 13.8 Å². The first-order valence-corrected chi connectivity index (χ1v) is 9.41. The lowest BCUT2D eigenvalue weighted by molar-refractivity contribution is 0.0658. The van der Waals surface area contributed by atoms with Gasteiger partial charge in [-0.05, 0) is 30.7 Å². The van der Waals surface area contributed by atoms with Crippen molar-refractivity contribution in [2.24, 2.45) is 18.9 Å². The molecule has 7 heteroatoms. The minimum absolute atomic E-state index is 0.0351.